The molecule has 1 aliphatic rings. The Kier molecular flexibility index (Phi) is 0.822. The van der Waals surface area contributed by atoms with Crippen molar-refractivity contribution in [1.29, 1.82) is 0 Å². The highest BCUT2D eigenvalue weighted by Gasteiger charge is 1.99. The summed E-state index contributed by atoms with van der Waals surface area (Å²) < 4.78 is 0. The van der Waals surface area contributed by atoms with Crippen LogP contribution >= 0.6 is 0 Å². The largest absolute Gasteiger partial charge is 0.311 e. The maximum absolute atomic E-state index is 5.32. The van der Waals surface area contributed by atoms with Crippen LogP contribution in [0.3, 0.4) is 0 Å². The van der Waals surface area contributed by atoms with Crippen molar-refractivity contribution in [3.63, 3.8) is 0 Å². The average molecular weight is 79.9 g/mol. The van der Waals surface area contributed by atoms with Gasteiger partial charge in [0.15, 0.2) is 0 Å². The van der Waals surface area contributed by atoms with Gasteiger partial charge >= 0.3 is 0 Å². The van der Waals surface area contributed by atoms with Crippen LogP contribution in [-0.2, 0) is 0 Å². The van der Waals surface area contributed by atoms with Crippen molar-refractivity contribution in [2.45, 2.75) is 5.82 Å². The smallest absolute Gasteiger partial charge is 0.0802 e. The van der Waals surface area contributed by atoms with E-state index in [0.717, 1.165) is 6.54 Å². The molecule has 0 spiro atoms. The SMILES string of the molecule is [B]C1C=NNC1. The molecule has 2 radical (unpaired) electrons. The van der Waals surface area contributed by atoms with E-state index in [1.807, 2.05) is 0 Å². The van der Waals surface area contributed by atoms with Crippen LogP contribution < -0.4 is 5.43 Å². The lowest BCUT2D eigenvalue weighted by molar-refractivity contribution is 0.812. The molecule has 30 valence electrons. The fourth-order valence-corrected chi connectivity index (χ4v) is 0.359. The van der Waals surface area contributed by atoms with Crippen molar-refractivity contribution < 1.29 is 0 Å². The van der Waals surface area contributed by atoms with Gasteiger partial charge in [0.25, 0.3) is 0 Å². The van der Waals surface area contributed by atoms with E-state index in [-0.39, 0.29) is 5.82 Å². The van der Waals surface area contributed by atoms with Gasteiger partial charge in [0.2, 0.25) is 0 Å². The zero-order valence-corrected chi connectivity index (χ0v) is 3.39. The van der Waals surface area contributed by atoms with Crippen molar-refractivity contribution >= 4 is 14.1 Å². The molecule has 1 heterocycles. The van der Waals surface area contributed by atoms with Crippen molar-refractivity contribution in [1.82, 2.24) is 5.43 Å². The molecule has 3 heteroatoms. The zero-order chi connectivity index (χ0) is 4.41. The molecule has 6 heavy (non-hydrogen) atoms. The van der Waals surface area contributed by atoms with Gasteiger partial charge in [-0.15, -0.1) is 0 Å². The third-order valence-corrected chi connectivity index (χ3v) is 0.684. The second kappa shape index (κ2) is 1.33. The molecular weight excluding hydrogens is 74.9 g/mol. The van der Waals surface area contributed by atoms with E-state index < -0.39 is 0 Å². The van der Waals surface area contributed by atoms with Crippen LogP contribution in [0.25, 0.3) is 0 Å². The van der Waals surface area contributed by atoms with Gasteiger partial charge in [-0.25, -0.2) is 0 Å². The van der Waals surface area contributed by atoms with Gasteiger partial charge in [-0.05, 0) is 5.82 Å². The van der Waals surface area contributed by atoms with Crippen molar-refractivity contribution in [2.75, 3.05) is 6.54 Å². The number of rotatable bonds is 0. The van der Waals surface area contributed by atoms with Crippen LogP contribution in [0.15, 0.2) is 5.10 Å². The summed E-state index contributed by atoms with van der Waals surface area (Å²) in [6.45, 7) is 0.792. The van der Waals surface area contributed by atoms with Crippen LogP contribution in [0.5, 0.6) is 0 Å². The van der Waals surface area contributed by atoms with Crippen molar-refractivity contribution in [2.24, 2.45) is 5.10 Å². The topological polar surface area (TPSA) is 24.4 Å². The highest BCUT2D eigenvalue weighted by molar-refractivity contribution is 6.21. The molecule has 0 fully saturated rings. The maximum Gasteiger partial charge on any atom is 0.0802 e. The standard InChI is InChI=1S/C3H5BN2/c4-3-1-5-6-2-3/h1,3,6H,2H2. The van der Waals surface area contributed by atoms with Crippen LogP contribution in [-0.4, -0.2) is 20.6 Å². The first kappa shape index (κ1) is 3.72. The number of nitrogens with zero attached hydrogens (tertiary/aromatic N) is 1. The summed E-state index contributed by atoms with van der Waals surface area (Å²) in [7, 11) is 5.32. The molecule has 0 aromatic rings. The minimum atomic E-state index is 0.144. The summed E-state index contributed by atoms with van der Waals surface area (Å²) in [4.78, 5) is 0. The monoisotopic (exact) mass is 80.1 g/mol. The van der Waals surface area contributed by atoms with Crippen LogP contribution in [0.2, 0.25) is 5.82 Å². The molecule has 2 nitrogen and oxygen atoms in total. The van der Waals surface area contributed by atoms with E-state index in [0.29, 0.717) is 0 Å². The van der Waals surface area contributed by atoms with Gasteiger partial charge in [-0.1, -0.05) is 0 Å². The highest BCUT2D eigenvalue weighted by atomic mass is 15.3. The summed E-state index contributed by atoms with van der Waals surface area (Å²) >= 11 is 0. The highest BCUT2D eigenvalue weighted by Crippen LogP contribution is 1.94. The van der Waals surface area contributed by atoms with E-state index in [4.69, 9.17) is 7.85 Å². The first-order valence-corrected chi connectivity index (χ1v) is 1.91. The van der Waals surface area contributed by atoms with Gasteiger partial charge < -0.3 is 5.43 Å². The molecule has 1 rings (SSSR count). The number of hydrazone groups is 1. The summed E-state index contributed by atoms with van der Waals surface area (Å²) in [6.07, 6.45) is 1.69. The van der Waals surface area contributed by atoms with Gasteiger partial charge in [0, 0.05) is 12.8 Å². The molecular formula is C3H5BN2. The Balaban J connectivity index is 2.38. The van der Waals surface area contributed by atoms with Gasteiger partial charge in [-0.3, -0.25) is 0 Å². The minimum absolute atomic E-state index is 0.144. The van der Waals surface area contributed by atoms with E-state index >= 15 is 0 Å². The lowest BCUT2D eigenvalue weighted by atomic mass is 9.90. The Labute approximate surface area is 38.0 Å². The second-order valence-electron chi connectivity index (χ2n) is 1.30. The molecule has 0 aliphatic carbocycles. The first-order valence-electron chi connectivity index (χ1n) is 1.91. The molecule has 0 saturated heterocycles. The number of hydrogen-bond acceptors (Lipinski definition) is 2. The molecule has 0 aromatic heterocycles. The predicted octanol–water partition coefficient (Wildman–Crippen LogP) is -0.468. The molecule has 0 aromatic carbocycles. The molecule has 1 N–H and O–H groups in total. The van der Waals surface area contributed by atoms with Crippen molar-refractivity contribution in [3.8, 4) is 0 Å². The van der Waals surface area contributed by atoms with Gasteiger partial charge in [0.05, 0.1) is 7.85 Å². The zero-order valence-electron chi connectivity index (χ0n) is 3.39. The first-order chi connectivity index (χ1) is 2.89. The summed E-state index contributed by atoms with van der Waals surface area (Å²) in [5, 5.41) is 3.66. The van der Waals surface area contributed by atoms with Crippen LogP contribution in [0, 0.1) is 0 Å². The Morgan fingerprint density at radius 2 is 2.83 bits per heavy atom. The van der Waals surface area contributed by atoms with Crippen LogP contribution in [0.1, 0.15) is 0 Å². The van der Waals surface area contributed by atoms with E-state index in [2.05, 4.69) is 10.5 Å². The van der Waals surface area contributed by atoms with Crippen LogP contribution in [0.4, 0.5) is 0 Å². The number of nitrogens with one attached hydrogen (secondary N) is 1. The van der Waals surface area contributed by atoms with Gasteiger partial charge in [0.1, 0.15) is 0 Å². The third kappa shape index (κ3) is 0.532. The molecule has 1 unspecified atom stereocenters. The molecule has 0 amide bonds. The lowest BCUT2D eigenvalue weighted by Crippen LogP contribution is -2.03. The fraction of sp³-hybridized carbons (Fsp3) is 0.667. The van der Waals surface area contributed by atoms with Crippen molar-refractivity contribution in [3.05, 3.63) is 0 Å². The average Bonchev–Trinajstić information content (AvgIpc) is 1.86. The molecule has 1 aliphatic heterocycles. The Morgan fingerprint density at radius 1 is 2.00 bits per heavy atom. The Morgan fingerprint density at radius 3 is 3.00 bits per heavy atom. The van der Waals surface area contributed by atoms with Gasteiger partial charge in [-0.2, -0.15) is 5.10 Å². The summed E-state index contributed by atoms with van der Waals surface area (Å²) in [5.74, 6) is 0.144. The predicted molar refractivity (Wildman–Crippen MR) is 26.0 cm³/mol. The van der Waals surface area contributed by atoms with E-state index in [1.54, 1.807) is 6.21 Å². The second-order valence-corrected chi connectivity index (χ2v) is 1.30. The maximum atomic E-state index is 5.32. The molecule has 1 atom stereocenters. The molecule has 0 bridgehead atoms. The fourth-order valence-electron chi connectivity index (χ4n) is 0.359. The van der Waals surface area contributed by atoms with E-state index in [1.165, 1.54) is 0 Å². The van der Waals surface area contributed by atoms with E-state index in [9.17, 15) is 0 Å². The Bertz CT molecular complexity index is 71.2. The molecule has 0 saturated carbocycles. The summed E-state index contributed by atoms with van der Waals surface area (Å²) in [5.41, 5.74) is 2.72. The number of hydrogen-bond donors (Lipinski definition) is 1. The minimum Gasteiger partial charge on any atom is -0.311 e. The lowest BCUT2D eigenvalue weighted by Gasteiger charge is -1.88. The normalized spacial score (nSPS) is 30.3. The summed E-state index contributed by atoms with van der Waals surface area (Å²) in [6, 6.07) is 0. The Hall–Kier alpha value is -0.465. The quantitative estimate of drug-likeness (QED) is 0.391. The third-order valence-electron chi connectivity index (χ3n) is 0.684.